The van der Waals surface area contributed by atoms with E-state index < -0.39 is 6.09 Å². The van der Waals surface area contributed by atoms with Crippen LogP contribution < -0.4 is 10.1 Å². The van der Waals surface area contributed by atoms with Gasteiger partial charge in [-0.2, -0.15) is 0 Å². The van der Waals surface area contributed by atoms with Gasteiger partial charge in [0.15, 0.2) is 0 Å². The van der Waals surface area contributed by atoms with Crippen molar-refractivity contribution in [2.45, 2.75) is 13.3 Å². The number of hydrogen-bond acceptors (Lipinski definition) is 2. The lowest BCUT2D eigenvalue weighted by Gasteiger charge is -2.07. The van der Waals surface area contributed by atoms with Gasteiger partial charge in [-0.3, -0.25) is 5.32 Å². The molecule has 0 atom stereocenters. The molecule has 0 aliphatic heterocycles. The monoisotopic (exact) mass is 241 g/mol. The number of amides is 1. The van der Waals surface area contributed by atoms with Crippen LogP contribution in [0.15, 0.2) is 54.6 Å². The molecule has 0 aliphatic rings. The fourth-order valence-corrected chi connectivity index (χ4v) is 1.61. The van der Waals surface area contributed by atoms with Crippen molar-refractivity contribution in [3.8, 4) is 5.75 Å². The van der Waals surface area contributed by atoms with Crippen molar-refractivity contribution in [3.63, 3.8) is 0 Å². The molecule has 3 heteroatoms. The van der Waals surface area contributed by atoms with Gasteiger partial charge in [0.2, 0.25) is 0 Å². The van der Waals surface area contributed by atoms with Gasteiger partial charge >= 0.3 is 6.09 Å². The van der Waals surface area contributed by atoms with E-state index in [9.17, 15) is 4.79 Å². The molecule has 0 unspecified atom stereocenters. The van der Waals surface area contributed by atoms with Crippen LogP contribution in [0.5, 0.6) is 5.75 Å². The summed E-state index contributed by atoms with van der Waals surface area (Å²) in [6, 6.07) is 16.7. The number of para-hydroxylation sites is 1. The van der Waals surface area contributed by atoms with Gasteiger partial charge in [-0.1, -0.05) is 37.3 Å². The molecule has 0 fully saturated rings. The fraction of sp³-hybridized carbons (Fsp3) is 0.133. The third-order valence-electron chi connectivity index (χ3n) is 2.54. The predicted octanol–water partition coefficient (Wildman–Crippen LogP) is 3.86. The Labute approximate surface area is 106 Å². The second kappa shape index (κ2) is 5.87. The average molecular weight is 241 g/mol. The molecule has 3 nitrogen and oxygen atoms in total. The average Bonchev–Trinajstić information content (AvgIpc) is 2.40. The van der Waals surface area contributed by atoms with E-state index in [1.54, 1.807) is 12.1 Å². The predicted molar refractivity (Wildman–Crippen MR) is 71.9 cm³/mol. The minimum atomic E-state index is -0.477. The summed E-state index contributed by atoms with van der Waals surface area (Å²) in [5.41, 5.74) is 1.92. The van der Waals surface area contributed by atoms with E-state index in [4.69, 9.17) is 4.74 Å². The quantitative estimate of drug-likeness (QED) is 0.886. The van der Waals surface area contributed by atoms with Gasteiger partial charge in [0.05, 0.1) is 0 Å². The van der Waals surface area contributed by atoms with E-state index in [0.717, 1.165) is 12.1 Å². The van der Waals surface area contributed by atoms with E-state index >= 15 is 0 Å². The number of carbonyl (C=O) groups excluding carboxylic acids is 1. The summed E-state index contributed by atoms with van der Waals surface area (Å²) in [6.07, 6.45) is 0.456. The molecule has 0 bridgehead atoms. The second-order valence-corrected chi connectivity index (χ2v) is 3.88. The molecule has 92 valence electrons. The smallest absolute Gasteiger partial charge is 0.410 e. The van der Waals surface area contributed by atoms with Gasteiger partial charge in [-0.05, 0) is 36.2 Å². The summed E-state index contributed by atoms with van der Waals surface area (Å²) < 4.78 is 5.14. The largest absolute Gasteiger partial charge is 0.417 e. The van der Waals surface area contributed by atoms with Gasteiger partial charge in [-0.15, -0.1) is 0 Å². The Morgan fingerprint density at radius 3 is 2.61 bits per heavy atom. The first-order valence-corrected chi connectivity index (χ1v) is 5.91. The van der Waals surface area contributed by atoms with Crippen molar-refractivity contribution in [2.75, 3.05) is 5.32 Å². The second-order valence-electron chi connectivity index (χ2n) is 3.88. The van der Waals surface area contributed by atoms with Gasteiger partial charge in [0, 0.05) is 5.69 Å². The lowest BCUT2D eigenvalue weighted by Crippen LogP contribution is -2.16. The van der Waals surface area contributed by atoms with Crippen molar-refractivity contribution in [1.82, 2.24) is 0 Å². The van der Waals surface area contributed by atoms with Crippen molar-refractivity contribution in [1.29, 1.82) is 0 Å². The summed E-state index contributed by atoms with van der Waals surface area (Å²) in [5.74, 6) is 0.529. The topological polar surface area (TPSA) is 38.3 Å². The molecule has 0 aromatic heterocycles. The molecule has 0 aliphatic carbocycles. The van der Waals surface area contributed by atoms with Crippen LogP contribution in [0.2, 0.25) is 0 Å². The Bertz CT molecular complexity index is 523. The van der Waals surface area contributed by atoms with Crippen molar-refractivity contribution >= 4 is 11.8 Å². The summed E-state index contributed by atoms with van der Waals surface area (Å²) in [5, 5.41) is 2.70. The van der Waals surface area contributed by atoms with Crippen LogP contribution in [0.25, 0.3) is 0 Å². The number of aryl methyl sites for hydroxylation is 1. The van der Waals surface area contributed by atoms with Crippen LogP contribution in [-0.4, -0.2) is 6.09 Å². The molecule has 0 spiro atoms. The molecule has 0 saturated carbocycles. The molecule has 2 rings (SSSR count). The highest BCUT2D eigenvalue weighted by atomic mass is 16.6. The summed E-state index contributed by atoms with van der Waals surface area (Å²) in [6.45, 7) is 2.07. The van der Waals surface area contributed by atoms with Crippen LogP contribution in [-0.2, 0) is 6.42 Å². The maximum absolute atomic E-state index is 11.6. The van der Waals surface area contributed by atoms with Gasteiger partial charge in [0.1, 0.15) is 5.75 Å². The first-order valence-electron chi connectivity index (χ1n) is 5.91. The van der Waals surface area contributed by atoms with Gasteiger partial charge in [0.25, 0.3) is 0 Å². The van der Waals surface area contributed by atoms with E-state index in [2.05, 4.69) is 12.2 Å². The normalized spacial score (nSPS) is 9.83. The Morgan fingerprint density at radius 2 is 1.89 bits per heavy atom. The van der Waals surface area contributed by atoms with Crippen LogP contribution in [0.1, 0.15) is 12.5 Å². The Kier molecular flexibility index (Phi) is 3.97. The first-order chi connectivity index (χ1) is 8.78. The number of ether oxygens (including phenoxy) is 1. The molecule has 2 aromatic carbocycles. The van der Waals surface area contributed by atoms with E-state index in [1.807, 2.05) is 42.5 Å². The van der Waals surface area contributed by atoms with Crippen LogP contribution >= 0.6 is 0 Å². The highest BCUT2D eigenvalue weighted by molar-refractivity contribution is 5.86. The van der Waals surface area contributed by atoms with Crippen molar-refractivity contribution in [3.05, 3.63) is 60.2 Å². The SMILES string of the molecule is CCc1cccc(NC(=O)Oc2ccccc2)c1. The molecule has 2 aromatic rings. The number of benzene rings is 2. The molecular formula is C15H15NO2. The Balaban J connectivity index is 1.99. The van der Waals surface area contributed by atoms with Gasteiger partial charge < -0.3 is 4.74 Å². The van der Waals surface area contributed by atoms with E-state index in [1.165, 1.54) is 5.56 Å². The molecular weight excluding hydrogens is 226 g/mol. The highest BCUT2D eigenvalue weighted by Crippen LogP contribution is 2.13. The number of hydrogen-bond donors (Lipinski definition) is 1. The minimum Gasteiger partial charge on any atom is -0.410 e. The molecule has 0 heterocycles. The molecule has 18 heavy (non-hydrogen) atoms. The summed E-state index contributed by atoms with van der Waals surface area (Å²) >= 11 is 0. The summed E-state index contributed by atoms with van der Waals surface area (Å²) in [4.78, 5) is 11.6. The van der Waals surface area contributed by atoms with E-state index in [0.29, 0.717) is 5.75 Å². The van der Waals surface area contributed by atoms with Crippen LogP contribution in [0.4, 0.5) is 10.5 Å². The zero-order valence-electron chi connectivity index (χ0n) is 10.2. The standard InChI is InChI=1S/C15H15NO2/c1-2-12-7-6-8-13(11-12)16-15(17)18-14-9-4-3-5-10-14/h3-11H,2H2,1H3,(H,16,17). The van der Waals surface area contributed by atoms with Crippen LogP contribution in [0.3, 0.4) is 0 Å². The zero-order chi connectivity index (χ0) is 12.8. The minimum absolute atomic E-state index is 0.477. The Morgan fingerprint density at radius 1 is 1.11 bits per heavy atom. The maximum atomic E-state index is 11.6. The molecule has 0 saturated heterocycles. The lowest BCUT2D eigenvalue weighted by atomic mass is 10.1. The molecule has 1 amide bonds. The lowest BCUT2D eigenvalue weighted by molar-refractivity contribution is 0.215. The van der Waals surface area contributed by atoms with Gasteiger partial charge in [-0.25, -0.2) is 4.79 Å². The first kappa shape index (κ1) is 12.2. The third kappa shape index (κ3) is 3.35. The van der Waals surface area contributed by atoms with Crippen molar-refractivity contribution in [2.24, 2.45) is 0 Å². The number of anilines is 1. The number of nitrogens with one attached hydrogen (secondary N) is 1. The fourth-order valence-electron chi connectivity index (χ4n) is 1.61. The Hall–Kier alpha value is -2.29. The molecule has 0 radical (unpaired) electrons. The number of carbonyl (C=O) groups is 1. The number of rotatable bonds is 3. The highest BCUT2D eigenvalue weighted by Gasteiger charge is 2.04. The maximum Gasteiger partial charge on any atom is 0.417 e. The van der Waals surface area contributed by atoms with Crippen LogP contribution in [0, 0.1) is 0 Å². The molecule has 1 N–H and O–H groups in total. The third-order valence-corrected chi connectivity index (χ3v) is 2.54. The van der Waals surface area contributed by atoms with E-state index in [-0.39, 0.29) is 0 Å². The van der Waals surface area contributed by atoms with Crippen molar-refractivity contribution < 1.29 is 9.53 Å². The zero-order valence-corrected chi connectivity index (χ0v) is 10.2. The summed E-state index contributed by atoms with van der Waals surface area (Å²) in [7, 11) is 0.